The summed E-state index contributed by atoms with van der Waals surface area (Å²) in [6, 6.07) is 5.81. The van der Waals surface area contributed by atoms with E-state index in [1.54, 1.807) is 13.4 Å². The first-order chi connectivity index (χ1) is 11.1. The fourth-order valence-electron chi connectivity index (χ4n) is 3.27. The second-order valence-corrected chi connectivity index (χ2v) is 6.40. The lowest BCUT2D eigenvalue weighted by Crippen LogP contribution is -2.45. The van der Waals surface area contributed by atoms with Crippen LogP contribution in [0.3, 0.4) is 0 Å². The number of carbonyl (C=O) groups is 1. The molecule has 0 aliphatic carbocycles. The third-order valence-corrected chi connectivity index (χ3v) is 4.76. The highest BCUT2D eigenvalue weighted by Gasteiger charge is 2.26. The second kappa shape index (κ2) is 7.90. The lowest BCUT2D eigenvalue weighted by atomic mass is 9.92. The Morgan fingerprint density at radius 3 is 3.00 bits per heavy atom. The number of fused-ring (bicyclic) bond motifs is 1. The van der Waals surface area contributed by atoms with Crippen molar-refractivity contribution in [2.24, 2.45) is 11.7 Å². The van der Waals surface area contributed by atoms with E-state index >= 15 is 0 Å². The number of amides is 1. The Labute approximate surface area is 148 Å². The summed E-state index contributed by atoms with van der Waals surface area (Å²) in [4.78, 5) is 14.6. The van der Waals surface area contributed by atoms with Crippen molar-refractivity contribution in [3.05, 3.63) is 30.0 Å². The topological polar surface area (TPSA) is 68.7 Å². The largest absolute Gasteiger partial charge is 0.497 e. The summed E-state index contributed by atoms with van der Waals surface area (Å²) in [6.45, 7) is 3.61. The molecule has 6 heteroatoms. The molecule has 1 saturated heterocycles. The molecule has 1 aromatic heterocycles. The van der Waals surface area contributed by atoms with Crippen LogP contribution in [0.4, 0.5) is 0 Å². The lowest BCUT2D eigenvalue weighted by Gasteiger charge is -2.34. The predicted molar refractivity (Wildman–Crippen MR) is 96.7 cm³/mol. The van der Waals surface area contributed by atoms with Gasteiger partial charge in [0.25, 0.3) is 0 Å². The Balaban J connectivity index is 0.00000208. The highest BCUT2D eigenvalue weighted by atomic mass is 35.5. The van der Waals surface area contributed by atoms with Crippen molar-refractivity contribution in [3.8, 4) is 5.75 Å². The number of benzene rings is 1. The Morgan fingerprint density at radius 1 is 1.50 bits per heavy atom. The highest BCUT2D eigenvalue weighted by molar-refractivity contribution is 5.88. The number of piperidine rings is 1. The van der Waals surface area contributed by atoms with Gasteiger partial charge in [-0.3, -0.25) is 4.79 Å². The van der Waals surface area contributed by atoms with Gasteiger partial charge >= 0.3 is 0 Å². The van der Waals surface area contributed by atoms with Gasteiger partial charge in [0.05, 0.1) is 19.8 Å². The molecule has 1 aliphatic rings. The van der Waals surface area contributed by atoms with E-state index in [0.29, 0.717) is 12.3 Å². The van der Waals surface area contributed by atoms with E-state index in [9.17, 15) is 4.79 Å². The minimum Gasteiger partial charge on any atom is -0.497 e. The van der Waals surface area contributed by atoms with E-state index in [4.69, 9.17) is 14.9 Å². The minimum absolute atomic E-state index is 0. The van der Waals surface area contributed by atoms with Crippen LogP contribution < -0.4 is 10.5 Å². The normalized spacial score (nSPS) is 19.0. The van der Waals surface area contributed by atoms with Gasteiger partial charge in [-0.1, -0.05) is 0 Å². The summed E-state index contributed by atoms with van der Waals surface area (Å²) in [6.07, 6.45) is 4.18. The van der Waals surface area contributed by atoms with Gasteiger partial charge < -0.3 is 19.8 Å². The Morgan fingerprint density at radius 2 is 2.29 bits per heavy atom. The van der Waals surface area contributed by atoms with Crippen LogP contribution in [0, 0.1) is 5.92 Å². The summed E-state index contributed by atoms with van der Waals surface area (Å²) in [5, 5.41) is 0.972. The lowest BCUT2D eigenvalue weighted by molar-refractivity contribution is -0.132. The van der Waals surface area contributed by atoms with Gasteiger partial charge in [0, 0.05) is 36.1 Å². The number of ether oxygens (including phenoxy) is 1. The number of methoxy groups -OCH3 is 1. The van der Waals surface area contributed by atoms with Gasteiger partial charge in [-0.05, 0) is 37.8 Å². The number of hydrogen-bond donors (Lipinski definition) is 1. The van der Waals surface area contributed by atoms with Crippen molar-refractivity contribution >= 4 is 29.3 Å². The zero-order valence-electron chi connectivity index (χ0n) is 14.2. The zero-order chi connectivity index (χ0) is 16.4. The van der Waals surface area contributed by atoms with E-state index in [2.05, 4.69) is 0 Å². The van der Waals surface area contributed by atoms with Crippen molar-refractivity contribution < 1.29 is 13.9 Å². The Hall–Kier alpha value is -1.72. The number of furan rings is 1. The summed E-state index contributed by atoms with van der Waals surface area (Å²) in [5.74, 6) is 1.30. The molecule has 2 N–H and O–H groups in total. The highest BCUT2D eigenvalue weighted by Crippen LogP contribution is 2.27. The summed E-state index contributed by atoms with van der Waals surface area (Å²) >= 11 is 0. The standard InChI is InChI=1S/C18H24N2O3.ClH/c1-12(19)13-4-3-7-20(10-13)18(21)8-14-11-23-17-9-15(22-2)5-6-16(14)17;/h5-6,9,11-13H,3-4,7-8,10,19H2,1-2H3;1H. The maximum atomic E-state index is 12.6. The summed E-state index contributed by atoms with van der Waals surface area (Å²) in [5.41, 5.74) is 7.68. The molecule has 1 aromatic carbocycles. The molecule has 1 amide bonds. The van der Waals surface area contributed by atoms with Gasteiger partial charge in [0.15, 0.2) is 0 Å². The Bertz CT molecular complexity index is 699. The number of rotatable bonds is 4. The van der Waals surface area contributed by atoms with Gasteiger partial charge in [-0.25, -0.2) is 0 Å². The fourth-order valence-corrected chi connectivity index (χ4v) is 3.27. The summed E-state index contributed by atoms with van der Waals surface area (Å²) in [7, 11) is 1.62. The molecule has 1 fully saturated rings. The van der Waals surface area contributed by atoms with Crippen molar-refractivity contribution in [2.75, 3.05) is 20.2 Å². The molecule has 1 aliphatic heterocycles. The third-order valence-electron chi connectivity index (χ3n) is 4.76. The molecule has 0 saturated carbocycles. The smallest absolute Gasteiger partial charge is 0.227 e. The van der Waals surface area contributed by atoms with Gasteiger partial charge in [0.1, 0.15) is 11.3 Å². The van der Waals surface area contributed by atoms with Gasteiger partial charge in [0.2, 0.25) is 5.91 Å². The quantitative estimate of drug-likeness (QED) is 0.918. The summed E-state index contributed by atoms with van der Waals surface area (Å²) < 4.78 is 10.8. The van der Waals surface area contributed by atoms with Crippen molar-refractivity contribution in [1.29, 1.82) is 0 Å². The maximum Gasteiger partial charge on any atom is 0.227 e. The molecule has 132 valence electrons. The molecule has 0 spiro atoms. The molecule has 2 aromatic rings. The average Bonchev–Trinajstić information content (AvgIpc) is 2.97. The molecule has 5 nitrogen and oxygen atoms in total. The van der Waals surface area contributed by atoms with Crippen molar-refractivity contribution in [1.82, 2.24) is 4.90 Å². The van der Waals surface area contributed by atoms with E-state index in [1.807, 2.05) is 30.0 Å². The predicted octanol–water partition coefficient (Wildman–Crippen LogP) is 2.99. The average molecular weight is 353 g/mol. The van der Waals surface area contributed by atoms with Crippen LogP contribution in [0.1, 0.15) is 25.3 Å². The van der Waals surface area contributed by atoms with Crippen LogP contribution in [0.15, 0.2) is 28.9 Å². The van der Waals surface area contributed by atoms with E-state index in [-0.39, 0.29) is 24.4 Å². The second-order valence-electron chi connectivity index (χ2n) is 6.40. The third kappa shape index (κ3) is 3.84. The number of hydrogen-bond acceptors (Lipinski definition) is 4. The van der Waals surface area contributed by atoms with Gasteiger partial charge in [-0.15, -0.1) is 12.4 Å². The van der Waals surface area contributed by atoms with Crippen LogP contribution >= 0.6 is 12.4 Å². The molecule has 3 rings (SSSR count). The van der Waals surface area contributed by atoms with E-state index < -0.39 is 0 Å². The fraction of sp³-hybridized carbons (Fsp3) is 0.500. The van der Waals surface area contributed by atoms with E-state index in [1.165, 1.54) is 0 Å². The van der Waals surface area contributed by atoms with Gasteiger partial charge in [-0.2, -0.15) is 0 Å². The van der Waals surface area contributed by atoms with Crippen molar-refractivity contribution in [3.63, 3.8) is 0 Å². The molecule has 2 heterocycles. The first kappa shape index (κ1) is 18.6. The van der Waals surface area contributed by atoms with Crippen LogP contribution in [-0.4, -0.2) is 37.0 Å². The van der Waals surface area contributed by atoms with Crippen LogP contribution in [0.5, 0.6) is 5.75 Å². The van der Waals surface area contributed by atoms with Crippen LogP contribution in [-0.2, 0) is 11.2 Å². The molecule has 24 heavy (non-hydrogen) atoms. The van der Waals surface area contributed by atoms with E-state index in [0.717, 1.165) is 48.2 Å². The first-order valence-corrected chi connectivity index (χ1v) is 8.16. The SMILES string of the molecule is COc1ccc2c(CC(=O)N3CCCC(C(C)N)C3)coc2c1.Cl. The molecular formula is C18H25ClN2O3. The van der Waals surface area contributed by atoms with Crippen LogP contribution in [0.25, 0.3) is 11.0 Å². The monoisotopic (exact) mass is 352 g/mol. The number of likely N-dealkylation sites (tertiary alicyclic amines) is 1. The molecule has 0 radical (unpaired) electrons. The van der Waals surface area contributed by atoms with Crippen LogP contribution in [0.2, 0.25) is 0 Å². The zero-order valence-corrected chi connectivity index (χ0v) is 15.0. The molecular weight excluding hydrogens is 328 g/mol. The number of nitrogens with zero attached hydrogens (tertiary/aromatic N) is 1. The molecule has 0 bridgehead atoms. The number of nitrogens with two attached hydrogens (primary N) is 1. The number of carbonyl (C=O) groups excluding carboxylic acids is 1. The van der Waals surface area contributed by atoms with Crippen molar-refractivity contribution in [2.45, 2.75) is 32.2 Å². The minimum atomic E-state index is 0. The Kier molecular flexibility index (Phi) is 6.13. The number of halogens is 1. The first-order valence-electron chi connectivity index (χ1n) is 8.16. The maximum absolute atomic E-state index is 12.6. The molecule has 2 atom stereocenters. The molecule has 2 unspecified atom stereocenters.